The van der Waals surface area contributed by atoms with E-state index in [0.717, 1.165) is 0 Å². The minimum atomic E-state index is -3.92. The first kappa shape index (κ1) is 25.7. The van der Waals surface area contributed by atoms with Crippen molar-refractivity contribution < 1.29 is 27.1 Å². The van der Waals surface area contributed by atoms with Crippen molar-refractivity contribution in [2.24, 2.45) is 0 Å². The minimum absolute atomic E-state index is 0.000980. The fraction of sp³-hybridized carbons (Fsp3) is 0.174. The molecule has 0 saturated carbocycles. The lowest BCUT2D eigenvalue weighted by Gasteiger charge is -2.13. The topological polar surface area (TPSA) is 93.7 Å². The van der Waals surface area contributed by atoms with Crippen LogP contribution in [0.2, 0.25) is 5.02 Å². The number of hydrogen-bond acceptors (Lipinski definition) is 6. The van der Waals surface area contributed by atoms with E-state index in [9.17, 15) is 17.6 Å². The maximum Gasteiger partial charge on any atom is 0.262 e. The van der Waals surface area contributed by atoms with Crippen molar-refractivity contribution in [1.82, 2.24) is 0 Å². The lowest BCUT2D eigenvalue weighted by atomic mass is 10.2. The third kappa shape index (κ3) is 6.55. The van der Waals surface area contributed by atoms with Gasteiger partial charge in [0.15, 0.2) is 0 Å². The first-order valence-electron chi connectivity index (χ1n) is 9.89. The number of nitrogens with one attached hydrogen (secondary N) is 2. The average Bonchev–Trinajstić information content (AvgIpc) is 2.81. The molecule has 11 heteroatoms. The summed E-state index contributed by atoms with van der Waals surface area (Å²) in [5, 5.41) is 2.99. The Morgan fingerprint density at radius 3 is 2.44 bits per heavy atom. The van der Waals surface area contributed by atoms with Gasteiger partial charge in [0.1, 0.15) is 17.3 Å². The molecule has 7 nitrogen and oxygen atoms in total. The summed E-state index contributed by atoms with van der Waals surface area (Å²) in [6.07, 6.45) is 0. The van der Waals surface area contributed by atoms with Crippen molar-refractivity contribution in [2.45, 2.75) is 10.6 Å². The van der Waals surface area contributed by atoms with Gasteiger partial charge >= 0.3 is 0 Å². The number of ether oxygens (including phenoxy) is 2. The van der Waals surface area contributed by atoms with Crippen LogP contribution < -0.4 is 19.5 Å². The average molecular weight is 525 g/mol. The van der Waals surface area contributed by atoms with Crippen LogP contribution in [0.3, 0.4) is 0 Å². The predicted molar refractivity (Wildman–Crippen MR) is 133 cm³/mol. The molecule has 0 bridgehead atoms. The molecular weight excluding hydrogens is 503 g/mol. The van der Waals surface area contributed by atoms with Gasteiger partial charge in [0.25, 0.3) is 10.0 Å². The number of benzene rings is 3. The molecule has 3 aromatic rings. The molecule has 0 saturated heterocycles. The maximum atomic E-state index is 13.8. The van der Waals surface area contributed by atoms with Crippen LogP contribution in [-0.2, 0) is 20.6 Å². The summed E-state index contributed by atoms with van der Waals surface area (Å²) in [6.45, 7) is 0. The van der Waals surface area contributed by atoms with Crippen molar-refractivity contribution in [3.8, 4) is 11.5 Å². The van der Waals surface area contributed by atoms with Gasteiger partial charge in [-0.3, -0.25) is 9.52 Å². The Labute approximate surface area is 206 Å². The van der Waals surface area contributed by atoms with Gasteiger partial charge < -0.3 is 14.8 Å². The summed E-state index contributed by atoms with van der Waals surface area (Å²) in [5.41, 5.74) is 0.996. The summed E-state index contributed by atoms with van der Waals surface area (Å²) in [5.74, 6) is 0.385. The highest BCUT2D eigenvalue weighted by Gasteiger charge is 2.17. The zero-order valence-electron chi connectivity index (χ0n) is 18.3. The van der Waals surface area contributed by atoms with E-state index in [1.807, 2.05) is 0 Å². The molecule has 0 aliphatic rings. The molecule has 0 heterocycles. The molecule has 34 heavy (non-hydrogen) atoms. The molecular formula is C23H22ClFN2O5S2. The molecule has 2 N–H and O–H groups in total. The number of carbonyl (C=O) groups excluding carboxylic acids is 1. The van der Waals surface area contributed by atoms with E-state index < -0.39 is 15.8 Å². The molecule has 0 aliphatic heterocycles. The standard InChI is InChI=1S/C23H22ClFN2O5S2/c1-31-16-8-11-22(32-2)21(12-16)27-34(29,30)17-9-6-15(7-10-17)26-23(28)14-33-13-18-19(24)4-3-5-20(18)25/h3-12,27H,13-14H2,1-2H3,(H,26,28). The number of sulfonamides is 1. The zero-order chi connectivity index (χ0) is 24.7. The highest BCUT2D eigenvalue weighted by Crippen LogP contribution is 2.31. The highest BCUT2D eigenvalue weighted by atomic mass is 35.5. The first-order valence-corrected chi connectivity index (χ1v) is 12.9. The van der Waals surface area contributed by atoms with Crippen molar-refractivity contribution in [3.05, 3.63) is 77.1 Å². The molecule has 3 rings (SSSR count). The number of hydrogen-bond donors (Lipinski definition) is 2. The molecule has 0 aliphatic carbocycles. The third-order valence-corrected chi connectivity index (χ3v) is 7.34. The molecule has 0 radical (unpaired) electrons. The quantitative estimate of drug-likeness (QED) is 0.380. The van der Waals surface area contributed by atoms with Crippen LogP contribution in [0.1, 0.15) is 5.56 Å². The number of methoxy groups -OCH3 is 2. The molecule has 0 aromatic heterocycles. The van der Waals surface area contributed by atoms with Crippen LogP contribution in [0.5, 0.6) is 11.5 Å². The largest absolute Gasteiger partial charge is 0.497 e. The summed E-state index contributed by atoms with van der Waals surface area (Å²) in [4.78, 5) is 12.2. The molecule has 1 amide bonds. The fourth-order valence-corrected chi connectivity index (χ4v) is 5.16. The molecule has 0 fully saturated rings. The number of halogens is 2. The third-order valence-electron chi connectivity index (χ3n) is 4.64. The van der Waals surface area contributed by atoms with Crippen molar-refractivity contribution >= 4 is 50.7 Å². The lowest BCUT2D eigenvalue weighted by molar-refractivity contribution is -0.113. The van der Waals surface area contributed by atoms with Gasteiger partial charge in [0, 0.05) is 28.1 Å². The Kier molecular flexibility index (Phi) is 8.65. The van der Waals surface area contributed by atoms with Crippen molar-refractivity contribution in [3.63, 3.8) is 0 Å². The molecule has 0 unspecified atom stereocenters. The van der Waals surface area contributed by atoms with E-state index in [-0.39, 0.29) is 28.0 Å². The van der Waals surface area contributed by atoms with Gasteiger partial charge in [0.2, 0.25) is 5.91 Å². The number of thioether (sulfide) groups is 1. The number of carbonyl (C=O) groups is 1. The second kappa shape index (κ2) is 11.5. The van der Waals surface area contributed by atoms with Gasteiger partial charge in [0.05, 0.1) is 30.6 Å². The number of anilines is 2. The second-order valence-electron chi connectivity index (χ2n) is 6.94. The van der Waals surface area contributed by atoms with E-state index in [1.165, 1.54) is 68.4 Å². The van der Waals surface area contributed by atoms with Gasteiger partial charge in [-0.15, -0.1) is 11.8 Å². The normalized spacial score (nSPS) is 11.1. The Hall–Kier alpha value is -2.95. The van der Waals surface area contributed by atoms with Crippen LogP contribution in [0.25, 0.3) is 0 Å². The fourth-order valence-electron chi connectivity index (χ4n) is 2.93. The van der Waals surface area contributed by atoms with Gasteiger partial charge in [-0.1, -0.05) is 17.7 Å². The Balaban J connectivity index is 1.60. The highest BCUT2D eigenvalue weighted by molar-refractivity contribution is 7.99. The summed E-state index contributed by atoms with van der Waals surface area (Å²) >= 11 is 7.20. The minimum Gasteiger partial charge on any atom is -0.497 e. The second-order valence-corrected chi connectivity index (χ2v) is 10.0. The Bertz CT molecular complexity index is 1250. The van der Waals surface area contributed by atoms with Crippen molar-refractivity contribution in [2.75, 3.05) is 30.0 Å². The summed E-state index contributed by atoms with van der Waals surface area (Å²) in [7, 11) is -1.02. The van der Waals surface area contributed by atoms with E-state index in [1.54, 1.807) is 18.2 Å². The van der Waals surface area contributed by atoms with Crippen LogP contribution in [0, 0.1) is 5.82 Å². The van der Waals surface area contributed by atoms with E-state index in [4.69, 9.17) is 21.1 Å². The zero-order valence-corrected chi connectivity index (χ0v) is 20.7. The molecule has 180 valence electrons. The van der Waals surface area contributed by atoms with Crippen LogP contribution in [0.4, 0.5) is 15.8 Å². The number of rotatable bonds is 10. The van der Waals surface area contributed by atoms with E-state index in [2.05, 4.69) is 10.0 Å². The smallest absolute Gasteiger partial charge is 0.262 e. The summed E-state index contributed by atoms with van der Waals surface area (Å²) in [6, 6.07) is 14.9. The molecule has 0 atom stereocenters. The van der Waals surface area contributed by atoms with Gasteiger partial charge in [-0.05, 0) is 48.5 Å². The first-order chi connectivity index (χ1) is 16.2. The lowest BCUT2D eigenvalue weighted by Crippen LogP contribution is -2.15. The Morgan fingerprint density at radius 2 is 1.79 bits per heavy atom. The summed E-state index contributed by atoms with van der Waals surface area (Å²) < 4.78 is 52.2. The predicted octanol–water partition coefficient (Wildman–Crippen LogP) is 5.17. The Morgan fingerprint density at radius 1 is 1.06 bits per heavy atom. The van der Waals surface area contributed by atoms with E-state index >= 15 is 0 Å². The maximum absolute atomic E-state index is 13.8. The van der Waals surface area contributed by atoms with Crippen LogP contribution >= 0.6 is 23.4 Å². The monoisotopic (exact) mass is 524 g/mol. The van der Waals surface area contributed by atoms with Gasteiger partial charge in [-0.25, -0.2) is 12.8 Å². The van der Waals surface area contributed by atoms with Crippen molar-refractivity contribution in [1.29, 1.82) is 0 Å². The van der Waals surface area contributed by atoms with Crippen LogP contribution in [0.15, 0.2) is 65.6 Å². The van der Waals surface area contributed by atoms with Gasteiger partial charge in [-0.2, -0.15) is 0 Å². The molecule has 0 spiro atoms. The SMILES string of the molecule is COc1ccc(OC)c(NS(=O)(=O)c2ccc(NC(=O)CSCc3c(F)cccc3Cl)cc2)c1. The number of amides is 1. The molecule has 3 aromatic carbocycles. The van der Waals surface area contributed by atoms with Crippen LogP contribution in [-0.4, -0.2) is 34.3 Å². The van der Waals surface area contributed by atoms with E-state index in [0.29, 0.717) is 27.8 Å².